The largest absolute Gasteiger partial charge is 0.497 e. The zero-order valence-corrected chi connectivity index (χ0v) is 18.9. The van der Waals surface area contributed by atoms with Gasteiger partial charge in [0, 0.05) is 18.5 Å². The fraction of sp³-hybridized carbons (Fsp3) is 0.346. The van der Waals surface area contributed by atoms with E-state index in [0.717, 1.165) is 16.7 Å². The molecule has 2 saturated heterocycles. The molecule has 4 rings (SSSR count). The number of rotatable bonds is 7. The Balaban J connectivity index is 1.56. The number of fused-ring (bicyclic) bond motifs is 1. The molecule has 0 aromatic heterocycles. The zero-order valence-electron chi connectivity index (χ0n) is 18.9. The third kappa shape index (κ3) is 4.83. The molecule has 7 nitrogen and oxygen atoms in total. The molecule has 2 heterocycles. The summed E-state index contributed by atoms with van der Waals surface area (Å²) in [5, 5.41) is 2.89. The third-order valence-electron chi connectivity index (χ3n) is 6.24. The minimum atomic E-state index is -0.820. The van der Waals surface area contributed by atoms with Crippen LogP contribution in [0, 0.1) is 0 Å². The van der Waals surface area contributed by atoms with Gasteiger partial charge in [0.2, 0.25) is 5.91 Å². The number of hydrogen-bond acceptors (Lipinski definition) is 5. The summed E-state index contributed by atoms with van der Waals surface area (Å²) in [6.45, 7) is 6.27. The Kier molecular flexibility index (Phi) is 6.60. The predicted molar refractivity (Wildman–Crippen MR) is 124 cm³/mol. The molecular weight excluding hydrogens is 420 g/mol. The first-order valence-electron chi connectivity index (χ1n) is 11.0. The normalized spacial score (nSPS) is 20.3. The Hall–Kier alpha value is -3.45. The van der Waals surface area contributed by atoms with Crippen LogP contribution in [0.25, 0.3) is 5.57 Å². The minimum absolute atomic E-state index is 0.0314. The summed E-state index contributed by atoms with van der Waals surface area (Å²) in [6.07, 6.45) is 0.656. The van der Waals surface area contributed by atoms with E-state index in [9.17, 15) is 14.4 Å². The lowest BCUT2D eigenvalue weighted by atomic mass is 10.0. The number of benzene rings is 2. The van der Waals surface area contributed by atoms with Gasteiger partial charge in [0.15, 0.2) is 5.78 Å². The molecule has 7 heteroatoms. The third-order valence-corrected chi connectivity index (χ3v) is 6.24. The number of hydrogen-bond donors (Lipinski definition) is 1. The van der Waals surface area contributed by atoms with Crippen molar-refractivity contribution in [3.63, 3.8) is 0 Å². The van der Waals surface area contributed by atoms with E-state index in [-0.39, 0.29) is 30.3 Å². The molecule has 0 spiro atoms. The molecule has 0 saturated carbocycles. The van der Waals surface area contributed by atoms with Crippen LogP contribution in [-0.4, -0.2) is 60.9 Å². The Labute approximate surface area is 193 Å². The fourth-order valence-corrected chi connectivity index (χ4v) is 4.39. The van der Waals surface area contributed by atoms with E-state index in [1.54, 1.807) is 24.1 Å². The van der Waals surface area contributed by atoms with Crippen LogP contribution in [0.3, 0.4) is 0 Å². The van der Waals surface area contributed by atoms with Crippen LogP contribution in [0.5, 0.6) is 5.75 Å². The van der Waals surface area contributed by atoms with Gasteiger partial charge in [-0.05, 0) is 48.7 Å². The quantitative estimate of drug-likeness (QED) is 0.704. The summed E-state index contributed by atoms with van der Waals surface area (Å²) < 4.78 is 10.7. The number of allylic oxidation sites excluding steroid dienone is 1. The van der Waals surface area contributed by atoms with Crippen LogP contribution in [0.2, 0.25) is 0 Å². The summed E-state index contributed by atoms with van der Waals surface area (Å²) in [6, 6.07) is 13.1. The van der Waals surface area contributed by atoms with Crippen molar-refractivity contribution in [3.8, 4) is 5.75 Å². The van der Waals surface area contributed by atoms with Crippen LogP contribution in [0.4, 0.5) is 0 Å². The summed E-state index contributed by atoms with van der Waals surface area (Å²) >= 11 is 0. The van der Waals surface area contributed by atoms with Gasteiger partial charge in [-0.15, -0.1) is 0 Å². The summed E-state index contributed by atoms with van der Waals surface area (Å²) in [7, 11) is 1.59. The van der Waals surface area contributed by atoms with Crippen molar-refractivity contribution < 1.29 is 23.9 Å². The summed E-state index contributed by atoms with van der Waals surface area (Å²) in [5.41, 5.74) is 3.17. The first-order chi connectivity index (χ1) is 15.9. The number of ketones is 1. The van der Waals surface area contributed by atoms with E-state index in [2.05, 4.69) is 11.9 Å². The summed E-state index contributed by atoms with van der Waals surface area (Å²) in [4.78, 5) is 40.5. The van der Waals surface area contributed by atoms with Crippen molar-refractivity contribution in [2.75, 3.05) is 20.3 Å². The van der Waals surface area contributed by atoms with E-state index in [1.807, 2.05) is 43.3 Å². The Morgan fingerprint density at radius 1 is 1.15 bits per heavy atom. The van der Waals surface area contributed by atoms with Gasteiger partial charge >= 0.3 is 0 Å². The van der Waals surface area contributed by atoms with Crippen molar-refractivity contribution >= 4 is 23.2 Å². The molecule has 172 valence electrons. The van der Waals surface area contributed by atoms with E-state index in [1.165, 1.54) is 0 Å². The Morgan fingerprint density at radius 2 is 1.82 bits per heavy atom. The molecule has 0 unspecified atom stereocenters. The van der Waals surface area contributed by atoms with E-state index >= 15 is 0 Å². The molecule has 2 fully saturated rings. The number of Topliss-reactive ketones (excluding diaryl/α,β-unsaturated/α-hetero) is 1. The average molecular weight is 449 g/mol. The average Bonchev–Trinajstić information content (AvgIpc) is 3.41. The fourth-order valence-electron chi connectivity index (χ4n) is 4.39. The number of nitrogens with zero attached hydrogens (tertiary/aromatic N) is 1. The number of carbonyl (C=O) groups is 3. The number of nitrogens with one attached hydrogen (secondary N) is 1. The van der Waals surface area contributed by atoms with Crippen molar-refractivity contribution in [3.05, 3.63) is 71.8 Å². The highest BCUT2D eigenvalue weighted by atomic mass is 16.5. The molecule has 2 aliphatic heterocycles. The van der Waals surface area contributed by atoms with Gasteiger partial charge in [0.05, 0.1) is 13.2 Å². The van der Waals surface area contributed by atoms with Crippen LogP contribution >= 0.6 is 0 Å². The first-order valence-corrected chi connectivity index (χ1v) is 11.0. The minimum Gasteiger partial charge on any atom is -0.497 e. The molecule has 0 aliphatic carbocycles. The van der Waals surface area contributed by atoms with Gasteiger partial charge in [0.25, 0.3) is 5.91 Å². The van der Waals surface area contributed by atoms with Crippen molar-refractivity contribution in [2.45, 2.75) is 38.0 Å². The van der Waals surface area contributed by atoms with Crippen molar-refractivity contribution in [1.82, 2.24) is 10.2 Å². The van der Waals surface area contributed by atoms with Gasteiger partial charge < -0.3 is 19.7 Å². The van der Waals surface area contributed by atoms with Crippen LogP contribution < -0.4 is 10.1 Å². The van der Waals surface area contributed by atoms with Gasteiger partial charge in [0.1, 0.15) is 24.4 Å². The lowest BCUT2D eigenvalue weighted by molar-refractivity contribution is -0.138. The summed E-state index contributed by atoms with van der Waals surface area (Å²) in [5.74, 6) is -0.000876. The molecule has 2 amide bonds. The Bertz CT molecular complexity index is 1060. The maximum Gasteiger partial charge on any atom is 0.251 e. The number of amides is 2. The standard InChI is InChI=1S/C26H28N2O5/c1-16(2)18-6-8-19(9-7-18)25(30)27-21(14-17-4-10-20(32-3)11-5-17)26(31)28-13-12-23-24(28)22(29)15-33-23/h4-11,21,23-24H,1,12-15H2,2-3H3,(H,27,30)/t21-,23+,24+/m0/s1. The molecular formula is C26H28N2O5. The van der Waals surface area contributed by atoms with E-state index in [4.69, 9.17) is 9.47 Å². The van der Waals surface area contributed by atoms with Crippen LogP contribution in [0.15, 0.2) is 55.1 Å². The predicted octanol–water partition coefficient (Wildman–Crippen LogP) is 2.64. The molecule has 1 N–H and O–H groups in total. The smallest absolute Gasteiger partial charge is 0.251 e. The highest BCUT2D eigenvalue weighted by Gasteiger charge is 2.48. The van der Waals surface area contributed by atoms with Gasteiger partial charge in [-0.2, -0.15) is 0 Å². The number of ether oxygens (including phenoxy) is 2. The monoisotopic (exact) mass is 448 g/mol. The first kappa shape index (κ1) is 22.7. The van der Waals surface area contributed by atoms with E-state index in [0.29, 0.717) is 30.7 Å². The molecule has 2 aromatic carbocycles. The molecule has 2 aliphatic rings. The molecule has 0 radical (unpaired) electrons. The van der Waals surface area contributed by atoms with Crippen molar-refractivity contribution in [2.24, 2.45) is 0 Å². The molecule has 0 bridgehead atoms. The van der Waals surface area contributed by atoms with Crippen molar-refractivity contribution in [1.29, 1.82) is 0 Å². The highest BCUT2D eigenvalue weighted by Crippen LogP contribution is 2.28. The highest BCUT2D eigenvalue weighted by molar-refractivity contribution is 5.99. The second-order valence-electron chi connectivity index (χ2n) is 8.52. The maximum absolute atomic E-state index is 13.5. The van der Waals surface area contributed by atoms with Crippen LogP contribution in [-0.2, 0) is 20.7 Å². The molecule has 33 heavy (non-hydrogen) atoms. The second kappa shape index (κ2) is 9.58. The van der Waals surface area contributed by atoms with Gasteiger partial charge in [-0.1, -0.05) is 36.4 Å². The Morgan fingerprint density at radius 3 is 2.45 bits per heavy atom. The molecule has 2 aromatic rings. The second-order valence-corrected chi connectivity index (χ2v) is 8.52. The lowest BCUT2D eigenvalue weighted by Gasteiger charge is -2.27. The lowest BCUT2D eigenvalue weighted by Crippen LogP contribution is -2.53. The maximum atomic E-state index is 13.5. The molecule has 3 atom stereocenters. The topological polar surface area (TPSA) is 84.9 Å². The number of likely N-dealkylation sites (tertiary alicyclic amines) is 1. The van der Waals surface area contributed by atoms with E-state index < -0.39 is 12.1 Å². The number of methoxy groups -OCH3 is 1. The van der Waals surface area contributed by atoms with Crippen LogP contribution in [0.1, 0.15) is 34.8 Å². The van der Waals surface area contributed by atoms with Gasteiger partial charge in [-0.25, -0.2) is 0 Å². The zero-order chi connectivity index (χ0) is 23.5. The van der Waals surface area contributed by atoms with Gasteiger partial charge in [-0.3, -0.25) is 14.4 Å². The number of carbonyl (C=O) groups excluding carboxylic acids is 3. The SMILES string of the molecule is C=C(C)c1ccc(C(=O)N[C@@H](Cc2ccc(OC)cc2)C(=O)N2CC[C@H]3OCC(=O)[C@H]32)cc1.